The average molecular weight is 222 g/mol. The first-order chi connectivity index (χ1) is 7.58. The Balaban J connectivity index is 2.50. The van der Waals surface area contributed by atoms with Gasteiger partial charge in [-0.1, -0.05) is 12.1 Å². The standard InChI is InChI=1S/C12H18N2O2/c1-9(13)7-10-3-2-4-11(8-10)16-6-5-12(14)15/h2-4,8-9H,5-7,13H2,1H3,(H2,14,15). The highest BCUT2D eigenvalue weighted by atomic mass is 16.5. The van der Waals surface area contributed by atoms with Gasteiger partial charge < -0.3 is 16.2 Å². The predicted octanol–water partition coefficient (Wildman–Crippen LogP) is 0.830. The quantitative estimate of drug-likeness (QED) is 0.748. The Morgan fingerprint density at radius 1 is 1.50 bits per heavy atom. The van der Waals surface area contributed by atoms with Gasteiger partial charge in [-0.05, 0) is 31.0 Å². The number of hydrogen-bond acceptors (Lipinski definition) is 3. The van der Waals surface area contributed by atoms with Crippen LogP contribution in [0.2, 0.25) is 0 Å². The molecule has 4 nitrogen and oxygen atoms in total. The molecule has 1 aromatic rings. The number of amides is 1. The van der Waals surface area contributed by atoms with E-state index in [9.17, 15) is 4.79 Å². The molecule has 1 aromatic carbocycles. The third-order valence-corrected chi connectivity index (χ3v) is 2.07. The van der Waals surface area contributed by atoms with Gasteiger partial charge in [-0.2, -0.15) is 0 Å². The maximum absolute atomic E-state index is 10.5. The molecule has 1 unspecified atom stereocenters. The Bertz CT molecular complexity index is 351. The first-order valence-electron chi connectivity index (χ1n) is 5.33. The van der Waals surface area contributed by atoms with Crippen LogP contribution in [0.25, 0.3) is 0 Å². The van der Waals surface area contributed by atoms with Gasteiger partial charge in [-0.3, -0.25) is 4.79 Å². The summed E-state index contributed by atoms with van der Waals surface area (Å²) in [6, 6.07) is 7.83. The zero-order valence-electron chi connectivity index (χ0n) is 9.48. The van der Waals surface area contributed by atoms with Crippen molar-refractivity contribution in [1.29, 1.82) is 0 Å². The van der Waals surface area contributed by atoms with Crippen molar-refractivity contribution in [1.82, 2.24) is 0 Å². The summed E-state index contributed by atoms with van der Waals surface area (Å²) in [6.45, 7) is 2.28. The fraction of sp³-hybridized carbons (Fsp3) is 0.417. The van der Waals surface area contributed by atoms with Crippen LogP contribution in [0.5, 0.6) is 5.75 Å². The van der Waals surface area contributed by atoms with E-state index >= 15 is 0 Å². The molecule has 0 aromatic heterocycles. The molecule has 0 radical (unpaired) electrons. The van der Waals surface area contributed by atoms with Gasteiger partial charge in [0.1, 0.15) is 5.75 Å². The maximum Gasteiger partial charge on any atom is 0.220 e. The minimum absolute atomic E-state index is 0.126. The molecule has 0 spiro atoms. The van der Waals surface area contributed by atoms with Crippen LogP contribution in [-0.2, 0) is 11.2 Å². The smallest absolute Gasteiger partial charge is 0.220 e. The van der Waals surface area contributed by atoms with Gasteiger partial charge >= 0.3 is 0 Å². The van der Waals surface area contributed by atoms with Crippen LogP contribution in [0, 0.1) is 0 Å². The molecule has 0 saturated heterocycles. The van der Waals surface area contributed by atoms with Crippen LogP contribution < -0.4 is 16.2 Å². The highest BCUT2D eigenvalue weighted by Gasteiger charge is 2.01. The zero-order chi connectivity index (χ0) is 12.0. The molecule has 4 N–H and O–H groups in total. The molecule has 4 heteroatoms. The molecule has 16 heavy (non-hydrogen) atoms. The number of nitrogens with two attached hydrogens (primary N) is 2. The zero-order valence-corrected chi connectivity index (χ0v) is 9.48. The van der Waals surface area contributed by atoms with E-state index in [1.54, 1.807) is 0 Å². The van der Waals surface area contributed by atoms with Crippen molar-refractivity contribution in [3.63, 3.8) is 0 Å². The lowest BCUT2D eigenvalue weighted by atomic mass is 10.1. The topological polar surface area (TPSA) is 78.3 Å². The highest BCUT2D eigenvalue weighted by Crippen LogP contribution is 2.14. The molecule has 0 saturated carbocycles. The van der Waals surface area contributed by atoms with E-state index in [1.807, 2.05) is 31.2 Å². The van der Waals surface area contributed by atoms with Gasteiger partial charge in [0, 0.05) is 6.04 Å². The summed E-state index contributed by atoms with van der Waals surface area (Å²) in [4.78, 5) is 10.5. The number of ether oxygens (including phenoxy) is 1. The molecule has 88 valence electrons. The second-order valence-electron chi connectivity index (χ2n) is 3.89. The Morgan fingerprint density at radius 3 is 2.88 bits per heavy atom. The number of carbonyl (C=O) groups excluding carboxylic acids is 1. The van der Waals surface area contributed by atoms with E-state index in [4.69, 9.17) is 16.2 Å². The van der Waals surface area contributed by atoms with Crippen LogP contribution in [0.1, 0.15) is 18.9 Å². The molecular formula is C12H18N2O2. The predicted molar refractivity (Wildman–Crippen MR) is 63.1 cm³/mol. The number of carbonyl (C=O) groups is 1. The number of hydrogen-bond donors (Lipinski definition) is 2. The van der Waals surface area contributed by atoms with Gasteiger partial charge in [-0.15, -0.1) is 0 Å². The number of primary amides is 1. The van der Waals surface area contributed by atoms with Crippen LogP contribution in [0.15, 0.2) is 24.3 Å². The van der Waals surface area contributed by atoms with Crippen molar-refractivity contribution in [3.05, 3.63) is 29.8 Å². The summed E-state index contributed by atoms with van der Waals surface area (Å²) in [5.74, 6) is 0.395. The second-order valence-corrected chi connectivity index (χ2v) is 3.89. The van der Waals surface area contributed by atoms with Crippen molar-refractivity contribution in [2.24, 2.45) is 11.5 Å². The van der Waals surface area contributed by atoms with Gasteiger partial charge in [0.2, 0.25) is 5.91 Å². The van der Waals surface area contributed by atoms with Gasteiger partial charge in [0.25, 0.3) is 0 Å². The summed E-state index contributed by atoms with van der Waals surface area (Å²) >= 11 is 0. The summed E-state index contributed by atoms with van der Waals surface area (Å²) in [5, 5.41) is 0. The molecule has 0 aliphatic carbocycles. The van der Waals surface area contributed by atoms with Crippen LogP contribution >= 0.6 is 0 Å². The van der Waals surface area contributed by atoms with Gasteiger partial charge in [-0.25, -0.2) is 0 Å². The van der Waals surface area contributed by atoms with Gasteiger partial charge in [0.05, 0.1) is 13.0 Å². The van der Waals surface area contributed by atoms with E-state index in [1.165, 1.54) is 0 Å². The molecule has 1 amide bonds. The van der Waals surface area contributed by atoms with Crippen molar-refractivity contribution >= 4 is 5.91 Å². The highest BCUT2D eigenvalue weighted by molar-refractivity contribution is 5.73. The Labute approximate surface area is 95.6 Å². The molecule has 0 fully saturated rings. The molecule has 1 atom stereocenters. The third-order valence-electron chi connectivity index (χ3n) is 2.07. The summed E-state index contributed by atoms with van der Waals surface area (Å²) in [7, 11) is 0. The fourth-order valence-corrected chi connectivity index (χ4v) is 1.40. The van der Waals surface area contributed by atoms with Crippen LogP contribution in [0.4, 0.5) is 0 Å². The van der Waals surface area contributed by atoms with E-state index in [0.29, 0.717) is 6.61 Å². The van der Waals surface area contributed by atoms with E-state index in [-0.39, 0.29) is 18.4 Å². The Hall–Kier alpha value is -1.55. The van der Waals surface area contributed by atoms with Gasteiger partial charge in [0.15, 0.2) is 0 Å². The molecule has 1 rings (SSSR count). The van der Waals surface area contributed by atoms with Crippen molar-refractivity contribution in [3.8, 4) is 5.75 Å². The lowest BCUT2D eigenvalue weighted by Gasteiger charge is -2.08. The second kappa shape index (κ2) is 6.12. The van der Waals surface area contributed by atoms with E-state index in [0.717, 1.165) is 17.7 Å². The summed E-state index contributed by atoms with van der Waals surface area (Å²) < 4.78 is 5.40. The first-order valence-corrected chi connectivity index (χ1v) is 5.33. The van der Waals surface area contributed by atoms with Crippen molar-refractivity contribution < 1.29 is 9.53 Å². The summed E-state index contributed by atoms with van der Waals surface area (Å²) in [6.07, 6.45) is 1.05. The molecule has 0 aliphatic rings. The number of benzene rings is 1. The molecular weight excluding hydrogens is 204 g/mol. The Morgan fingerprint density at radius 2 is 2.25 bits per heavy atom. The minimum atomic E-state index is -0.355. The van der Waals surface area contributed by atoms with E-state index < -0.39 is 0 Å². The van der Waals surface area contributed by atoms with Crippen molar-refractivity contribution in [2.75, 3.05) is 6.61 Å². The van der Waals surface area contributed by atoms with Crippen molar-refractivity contribution in [2.45, 2.75) is 25.8 Å². The SMILES string of the molecule is CC(N)Cc1cccc(OCCC(N)=O)c1. The average Bonchev–Trinajstić information content (AvgIpc) is 2.16. The van der Waals surface area contributed by atoms with E-state index in [2.05, 4.69) is 0 Å². The lowest BCUT2D eigenvalue weighted by Crippen LogP contribution is -2.17. The normalized spacial score (nSPS) is 12.1. The maximum atomic E-state index is 10.5. The monoisotopic (exact) mass is 222 g/mol. The first kappa shape index (κ1) is 12.5. The third kappa shape index (κ3) is 4.79. The molecule has 0 bridgehead atoms. The molecule has 0 heterocycles. The minimum Gasteiger partial charge on any atom is -0.493 e. The number of rotatable bonds is 6. The Kier molecular flexibility index (Phi) is 4.79. The lowest BCUT2D eigenvalue weighted by molar-refractivity contribution is -0.118. The van der Waals surface area contributed by atoms with Crippen LogP contribution in [-0.4, -0.2) is 18.6 Å². The fourth-order valence-electron chi connectivity index (χ4n) is 1.40. The summed E-state index contributed by atoms with van der Waals surface area (Å²) in [5.41, 5.74) is 11.9. The van der Waals surface area contributed by atoms with Crippen LogP contribution in [0.3, 0.4) is 0 Å². The molecule has 0 aliphatic heterocycles. The largest absolute Gasteiger partial charge is 0.493 e.